The Balaban J connectivity index is 2.30. The molecule has 74 valence electrons. The first-order chi connectivity index (χ1) is 7.36. The van der Waals surface area contributed by atoms with E-state index in [0.717, 1.165) is 11.4 Å². The number of benzene rings is 2. The first-order valence-electron chi connectivity index (χ1n) is 4.96. The van der Waals surface area contributed by atoms with Crippen molar-refractivity contribution in [3.63, 3.8) is 0 Å². The zero-order valence-electron chi connectivity index (χ0n) is 8.23. The summed E-state index contributed by atoms with van der Waals surface area (Å²) in [6.07, 6.45) is 0. The van der Waals surface area contributed by atoms with Gasteiger partial charge in [0.15, 0.2) is 0 Å². The first kappa shape index (κ1) is 8.86. The van der Waals surface area contributed by atoms with E-state index in [4.69, 9.17) is 5.73 Å². The number of rotatable bonds is 0. The lowest BCUT2D eigenvalue weighted by Gasteiger charge is -2.20. The van der Waals surface area contributed by atoms with E-state index in [1.54, 1.807) is 0 Å². The van der Waals surface area contributed by atoms with Gasteiger partial charge in [-0.25, -0.2) is 0 Å². The highest BCUT2D eigenvalue weighted by atomic mass is 32.2. The number of nitrogen functional groups attached to an aromatic ring is 1. The monoisotopic (exact) mass is 213 g/mol. The summed E-state index contributed by atoms with van der Waals surface area (Å²) < 4.78 is 0. The maximum atomic E-state index is 5.99. The number of thioether (sulfide) groups is 1. The predicted octanol–water partition coefficient (Wildman–Crippen LogP) is 3.54. The Bertz CT molecular complexity index is 520. The quantitative estimate of drug-likeness (QED) is 0.677. The van der Waals surface area contributed by atoms with Gasteiger partial charge < -0.3 is 5.73 Å². The molecule has 1 aliphatic rings. The second-order valence-electron chi connectivity index (χ2n) is 3.66. The molecule has 0 unspecified atom stereocenters. The zero-order valence-corrected chi connectivity index (χ0v) is 9.05. The Morgan fingerprint density at radius 2 is 1.73 bits per heavy atom. The molecule has 0 aliphatic carbocycles. The normalized spacial score (nSPS) is 13.1. The molecule has 0 amide bonds. The number of anilines is 1. The van der Waals surface area contributed by atoms with Gasteiger partial charge in [-0.05, 0) is 28.8 Å². The molecule has 0 saturated heterocycles. The van der Waals surface area contributed by atoms with Gasteiger partial charge in [-0.1, -0.05) is 30.3 Å². The Morgan fingerprint density at radius 1 is 0.933 bits per heavy atom. The number of nitrogens with two attached hydrogens (primary N) is 1. The van der Waals surface area contributed by atoms with E-state index >= 15 is 0 Å². The smallest absolute Gasteiger partial charge is 0.0361 e. The van der Waals surface area contributed by atoms with Crippen molar-refractivity contribution in [1.82, 2.24) is 0 Å². The van der Waals surface area contributed by atoms with Gasteiger partial charge in [-0.3, -0.25) is 0 Å². The number of hydrogen-bond donors (Lipinski definition) is 1. The van der Waals surface area contributed by atoms with Crippen LogP contribution in [0.4, 0.5) is 5.69 Å². The van der Waals surface area contributed by atoms with E-state index < -0.39 is 0 Å². The minimum absolute atomic E-state index is 0.912. The van der Waals surface area contributed by atoms with Gasteiger partial charge in [0, 0.05) is 16.3 Å². The van der Waals surface area contributed by atoms with Crippen LogP contribution < -0.4 is 5.73 Å². The molecule has 3 rings (SSSR count). The predicted molar refractivity (Wildman–Crippen MR) is 65.9 cm³/mol. The second-order valence-corrected chi connectivity index (χ2v) is 4.68. The van der Waals surface area contributed by atoms with Crippen molar-refractivity contribution < 1.29 is 0 Å². The van der Waals surface area contributed by atoms with Crippen molar-refractivity contribution in [3.05, 3.63) is 48.0 Å². The van der Waals surface area contributed by atoms with Crippen LogP contribution in [0.15, 0.2) is 47.4 Å². The van der Waals surface area contributed by atoms with Crippen LogP contribution >= 0.6 is 11.8 Å². The van der Waals surface area contributed by atoms with E-state index in [9.17, 15) is 0 Å². The van der Waals surface area contributed by atoms with Crippen molar-refractivity contribution >= 4 is 17.4 Å². The van der Waals surface area contributed by atoms with Gasteiger partial charge in [0.2, 0.25) is 0 Å². The van der Waals surface area contributed by atoms with Crippen molar-refractivity contribution in [3.8, 4) is 11.1 Å². The summed E-state index contributed by atoms with van der Waals surface area (Å²) in [7, 11) is 0. The lowest BCUT2D eigenvalue weighted by molar-refractivity contribution is 1.32. The van der Waals surface area contributed by atoms with Gasteiger partial charge in [-0.15, -0.1) is 11.8 Å². The van der Waals surface area contributed by atoms with Crippen LogP contribution in [0.2, 0.25) is 0 Å². The highest BCUT2D eigenvalue weighted by Gasteiger charge is 2.16. The van der Waals surface area contributed by atoms with Crippen LogP contribution in [-0.2, 0) is 5.75 Å². The molecule has 1 aliphatic heterocycles. The lowest BCUT2D eigenvalue weighted by atomic mass is 9.99. The van der Waals surface area contributed by atoms with Gasteiger partial charge >= 0.3 is 0 Å². The van der Waals surface area contributed by atoms with Gasteiger partial charge in [0.25, 0.3) is 0 Å². The topological polar surface area (TPSA) is 26.0 Å². The summed E-state index contributed by atoms with van der Waals surface area (Å²) >= 11 is 1.87. The molecular weight excluding hydrogens is 202 g/mol. The van der Waals surface area contributed by atoms with Crippen LogP contribution in [0, 0.1) is 0 Å². The molecule has 2 aromatic carbocycles. The maximum absolute atomic E-state index is 5.99. The van der Waals surface area contributed by atoms with Crippen LogP contribution in [0.25, 0.3) is 11.1 Å². The Kier molecular flexibility index (Phi) is 1.96. The molecule has 2 heteroatoms. The fourth-order valence-electron chi connectivity index (χ4n) is 1.98. The standard InChI is InChI=1S/C13H11NS/c14-12-6-3-5-9-10-4-1-2-7-13(10)15-8-11(9)12/h1-7H,8,14H2. The number of fused-ring (bicyclic) bond motifs is 3. The molecule has 0 bridgehead atoms. The van der Waals surface area contributed by atoms with E-state index in [2.05, 4.69) is 30.3 Å². The molecule has 0 saturated carbocycles. The summed E-state index contributed by atoms with van der Waals surface area (Å²) in [5, 5.41) is 0. The van der Waals surface area contributed by atoms with Gasteiger partial charge in [0.05, 0.1) is 0 Å². The average molecular weight is 213 g/mol. The largest absolute Gasteiger partial charge is 0.398 e. The minimum atomic E-state index is 0.912. The highest BCUT2D eigenvalue weighted by Crippen LogP contribution is 2.42. The fourth-order valence-corrected chi connectivity index (χ4v) is 3.11. The molecule has 0 aromatic heterocycles. The Labute approximate surface area is 93.3 Å². The molecule has 0 radical (unpaired) electrons. The second kappa shape index (κ2) is 3.31. The molecule has 1 nitrogen and oxygen atoms in total. The molecule has 1 heterocycles. The van der Waals surface area contributed by atoms with Crippen LogP contribution in [0.5, 0.6) is 0 Å². The van der Waals surface area contributed by atoms with Crippen molar-refractivity contribution in [2.24, 2.45) is 0 Å². The highest BCUT2D eigenvalue weighted by molar-refractivity contribution is 7.98. The molecule has 2 N–H and O–H groups in total. The van der Waals surface area contributed by atoms with Crippen LogP contribution in [0.3, 0.4) is 0 Å². The molecule has 0 atom stereocenters. The average Bonchev–Trinajstić information content (AvgIpc) is 2.29. The zero-order chi connectivity index (χ0) is 10.3. The third kappa shape index (κ3) is 1.33. The summed E-state index contributed by atoms with van der Waals surface area (Å²) in [5.74, 6) is 0.985. The van der Waals surface area contributed by atoms with Gasteiger partial charge in [-0.2, -0.15) is 0 Å². The third-order valence-corrected chi connectivity index (χ3v) is 3.86. The molecule has 0 spiro atoms. The van der Waals surface area contributed by atoms with Crippen molar-refractivity contribution in [1.29, 1.82) is 0 Å². The molecule has 15 heavy (non-hydrogen) atoms. The first-order valence-corrected chi connectivity index (χ1v) is 5.94. The van der Waals surface area contributed by atoms with Crippen LogP contribution in [-0.4, -0.2) is 0 Å². The van der Waals surface area contributed by atoms with Gasteiger partial charge in [0.1, 0.15) is 0 Å². The summed E-state index contributed by atoms with van der Waals surface area (Å²) in [5.41, 5.74) is 10.8. The maximum Gasteiger partial charge on any atom is 0.0361 e. The number of hydrogen-bond acceptors (Lipinski definition) is 2. The van der Waals surface area contributed by atoms with E-state index in [-0.39, 0.29) is 0 Å². The third-order valence-electron chi connectivity index (χ3n) is 2.76. The van der Waals surface area contributed by atoms with E-state index in [1.807, 2.05) is 23.9 Å². The van der Waals surface area contributed by atoms with Crippen molar-refractivity contribution in [2.75, 3.05) is 5.73 Å². The molecule has 0 fully saturated rings. The van der Waals surface area contributed by atoms with Crippen LogP contribution in [0.1, 0.15) is 5.56 Å². The molecule has 2 aromatic rings. The summed E-state index contributed by atoms with van der Waals surface area (Å²) in [4.78, 5) is 1.36. The molecular formula is C13H11NS. The van der Waals surface area contributed by atoms with E-state index in [0.29, 0.717) is 0 Å². The lowest BCUT2D eigenvalue weighted by Crippen LogP contribution is -2.00. The van der Waals surface area contributed by atoms with Crippen molar-refractivity contribution in [2.45, 2.75) is 10.6 Å². The SMILES string of the molecule is Nc1cccc2c1CSc1ccccc1-2. The minimum Gasteiger partial charge on any atom is -0.398 e. The Morgan fingerprint density at radius 3 is 2.67 bits per heavy atom. The fraction of sp³-hybridized carbons (Fsp3) is 0.0769. The Hall–Kier alpha value is -1.41. The summed E-state index contributed by atoms with van der Waals surface area (Å²) in [6.45, 7) is 0. The van der Waals surface area contributed by atoms with E-state index in [1.165, 1.54) is 21.6 Å². The summed E-state index contributed by atoms with van der Waals surface area (Å²) in [6, 6.07) is 14.7.